The van der Waals surface area contributed by atoms with E-state index in [-0.39, 0.29) is 17.1 Å². The Labute approximate surface area is 256 Å². The summed E-state index contributed by atoms with van der Waals surface area (Å²) in [7, 11) is 0. The van der Waals surface area contributed by atoms with Crippen LogP contribution in [0.15, 0.2) is 40.9 Å². The molecule has 7 nitrogen and oxygen atoms in total. The molecule has 0 radical (unpaired) electrons. The number of ether oxygens (including phenoxy) is 1. The monoisotopic (exact) mass is 624 g/mol. The second-order valence-corrected chi connectivity index (χ2v) is 14.6. The van der Waals surface area contributed by atoms with E-state index in [4.69, 9.17) is 37.4 Å². The third kappa shape index (κ3) is 4.49. The molecule has 2 aromatic heterocycles. The molecule has 4 aromatic rings. The second kappa shape index (κ2) is 10.0. The van der Waals surface area contributed by atoms with Crippen LogP contribution in [0.25, 0.3) is 21.5 Å². The first kappa shape index (κ1) is 27.1. The second-order valence-electron chi connectivity index (χ2n) is 12.7. The first-order chi connectivity index (χ1) is 20.3. The predicted octanol–water partition coefficient (Wildman–Crippen LogP) is 8.28. The lowest BCUT2D eigenvalue weighted by Crippen LogP contribution is -2.56. The van der Waals surface area contributed by atoms with Crippen LogP contribution in [0.1, 0.15) is 83.7 Å². The highest BCUT2D eigenvalue weighted by atomic mass is 35.5. The van der Waals surface area contributed by atoms with Gasteiger partial charge in [-0.3, -0.25) is 0 Å². The van der Waals surface area contributed by atoms with E-state index in [1.165, 1.54) is 11.3 Å². The highest BCUT2D eigenvalue weighted by molar-refractivity contribution is 7.18. The number of fused-ring (bicyclic) bond motifs is 1. The zero-order chi connectivity index (χ0) is 28.7. The largest absolute Gasteiger partial charge is 0.478 e. The Bertz CT molecular complexity index is 1680. The van der Waals surface area contributed by atoms with Gasteiger partial charge in [0.05, 0.1) is 38.0 Å². The van der Waals surface area contributed by atoms with Crippen LogP contribution in [0.4, 0.5) is 0 Å². The summed E-state index contributed by atoms with van der Waals surface area (Å²) in [4.78, 5) is 16.2. The molecule has 5 aliphatic carbocycles. The molecular weight excluding hydrogens is 595 g/mol. The molecule has 0 saturated heterocycles. The van der Waals surface area contributed by atoms with Crippen LogP contribution in [0.5, 0.6) is 0 Å². The number of rotatable bonds is 8. The van der Waals surface area contributed by atoms with Crippen molar-refractivity contribution in [3.8, 4) is 11.3 Å². The van der Waals surface area contributed by atoms with E-state index in [0.29, 0.717) is 56.6 Å². The van der Waals surface area contributed by atoms with Crippen LogP contribution in [0.2, 0.25) is 10.0 Å². The van der Waals surface area contributed by atoms with Crippen molar-refractivity contribution in [2.75, 3.05) is 0 Å². The minimum atomic E-state index is -0.962. The van der Waals surface area contributed by atoms with Gasteiger partial charge in [0.15, 0.2) is 0 Å². The van der Waals surface area contributed by atoms with Gasteiger partial charge in [-0.2, -0.15) is 0 Å². The number of aromatic nitrogens is 2. The molecule has 10 heteroatoms. The topological polar surface area (TPSA) is 106 Å². The normalized spacial score (nSPS) is 28.9. The van der Waals surface area contributed by atoms with E-state index in [9.17, 15) is 15.0 Å². The number of hydrogen-bond acceptors (Lipinski definition) is 7. The summed E-state index contributed by atoms with van der Waals surface area (Å²) >= 11 is 14.6. The summed E-state index contributed by atoms with van der Waals surface area (Å²) in [6.07, 6.45) is 6.53. The summed E-state index contributed by atoms with van der Waals surface area (Å²) in [5.74, 6) is 1.68. The number of aromatic carboxylic acids is 1. The average molecular weight is 626 g/mol. The smallest absolute Gasteiger partial charge is 0.335 e. The highest BCUT2D eigenvalue weighted by Crippen LogP contribution is 2.62. The molecule has 0 spiro atoms. The van der Waals surface area contributed by atoms with Crippen LogP contribution in [0.3, 0.4) is 0 Å². The summed E-state index contributed by atoms with van der Waals surface area (Å²) in [5, 5.41) is 27.2. The SMILES string of the molecule is O=C(O)c1ccc2nc(C(O)[C@H]3C4CC5C[C@H]3C[C@](OCc3c(-c6c(Cl)cccc6Cl)noc3C3CC3)(C5)C4)sc2c1. The molecule has 5 fully saturated rings. The van der Waals surface area contributed by atoms with Crippen LogP contribution < -0.4 is 0 Å². The van der Waals surface area contributed by atoms with Gasteiger partial charge in [-0.05, 0) is 98.9 Å². The number of carbonyl (C=O) groups is 1. The van der Waals surface area contributed by atoms with Crippen molar-refractivity contribution < 1.29 is 24.3 Å². The zero-order valence-corrected chi connectivity index (χ0v) is 25.1. The van der Waals surface area contributed by atoms with E-state index in [1.54, 1.807) is 18.2 Å². The quantitative estimate of drug-likeness (QED) is 0.203. The van der Waals surface area contributed by atoms with E-state index in [0.717, 1.165) is 66.5 Å². The molecule has 6 atom stereocenters. The molecule has 0 aliphatic heterocycles. The Kier molecular flexibility index (Phi) is 6.47. The minimum absolute atomic E-state index is 0.118. The minimum Gasteiger partial charge on any atom is -0.478 e. The fraction of sp³-hybridized carbons (Fsp3) is 0.469. The van der Waals surface area contributed by atoms with Crippen LogP contribution in [-0.4, -0.2) is 31.9 Å². The molecule has 2 aromatic carbocycles. The number of carboxylic acid groups (broad SMARTS) is 1. The number of halogens is 2. The number of aliphatic hydroxyl groups excluding tert-OH is 1. The summed E-state index contributed by atoms with van der Waals surface area (Å²) in [6.45, 7) is 0.398. The van der Waals surface area contributed by atoms with Crippen molar-refractivity contribution in [3.63, 3.8) is 0 Å². The van der Waals surface area contributed by atoms with Gasteiger partial charge in [0.1, 0.15) is 22.6 Å². The standard InChI is InChI=1S/C32H30Cl2N2O5S/c33-21-2-1-3-22(34)26(21)27-20(29(41-36-27)16-4-5-16)14-40-32-11-15-8-18(12-32)25(19(9-15)13-32)28(37)30-35-23-7-6-17(31(38)39)10-24(23)42-30/h1-3,6-7,10,15-16,18-19,25,28,37H,4-5,8-9,11-14H2,(H,38,39)/t15?,18-,19?,25+,28?,32+/m0/s1. The molecular formula is C32H30Cl2N2O5S. The van der Waals surface area contributed by atoms with Gasteiger partial charge in [0.2, 0.25) is 0 Å². The van der Waals surface area contributed by atoms with E-state index in [1.807, 2.05) is 18.2 Å². The molecule has 3 unspecified atom stereocenters. The van der Waals surface area contributed by atoms with E-state index in [2.05, 4.69) is 5.16 Å². The number of thiazole rings is 1. The van der Waals surface area contributed by atoms with Crippen molar-refractivity contribution in [1.29, 1.82) is 0 Å². The van der Waals surface area contributed by atoms with Gasteiger partial charge < -0.3 is 19.5 Å². The fourth-order valence-electron chi connectivity index (χ4n) is 8.32. The number of carboxylic acids is 1. The van der Waals surface area contributed by atoms with Crippen molar-refractivity contribution in [1.82, 2.24) is 10.1 Å². The number of benzene rings is 2. The molecule has 9 rings (SSSR count). The molecule has 218 valence electrons. The van der Waals surface area contributed by atoms with Crippen molar-refractivity contribution in [2.45, 2.75) is 69.2 Å². The number of nitrogens with zero attached hydrogens (tertiary/aromatic N) is 2. The van der Waals surface area contributed by atoms with Crippen molar-refractivity contribution in [2.24, 2.45) is 23.7 Å². The van der Waals surface area contributed by atoms with Gasteiger partial charge in [0.25, 0.3) is 0 Å². The van der Waals surface area contributed by atoms with Gasteiger partial charge in [-0.25, -0.2) is 9.78 Å². The van der Waals surface area contributed by atoms with Crippen LogP contribution in [0, 0.1) is 23.7 Å². The molecule has 2 N–H and O–H groups in total. The lowest BCUT2D eigenvalue weighted by atomic mass is 9.49. The van der Waals surface area contributed by atoms with E-state index < -0.39 is 12.1 Å². The molecule has 5 aliphatic rings. The maximum Gasteiger partial charge on any atom is 0.335 e. The predicted molar refractivity (Wildman–Crippen MR) is 160 cm³/mol. The number of aliphatic hydroxyl groups is 1. The van der Waals surface area contributed by atoms with Crippen LogP contribution >= 0.6 is 34.5 Å². The maximum atomic E-state index is 11.7. The van der Waals surface area contributed by atoms with Gasteiger partial charge >= 0.3 is 5.97 Å². The molecule has 0 amide bonds. The van der Waals surface area contributed by atoms with Crippen molar-refractivity contribution >= 4 is 50.7 Å². The fourth-order valence-corrected chi connectivity index (χ4v) is 9.95. The summed E-state index contributed by atoms with van der Waals surface area (Å²) < 4.78 is 13.6. The molecule has 4 bridgehead atoms. The molecule has 2 heterocycles. The molecule has 5 saturated carbocycles. The lowest BCUT2D eigenvalue weighted by molar-refractivity contribution is -0.203. The highest BCUT2D eigenvalue weighted by Gasteiger charge is 2.58. The first-order valence-corrected chi connectivity index (χ1v) is 16.2. The first-order valence-electron chi connectivity index (χ1n) is 14.7. The Morgan fingerprint density at radius 2 is 1.86 bits per heavy atom. The summed E-state index contributed by atoms with van der Waals surface area (Å²) in [6, 6.07) is 10.4. The van der Waals surface area contributed by atoms with E-state index >= 15 is 0 Å². The lowest BCUT2D eigenvalue weighted by Gasteiger charge is -2.60. The van der Waals surface area contributed by atoms with Gasteiger partial charge in [-0.1, -0.05) is 34.4 Å². The Balaban J connectivity index is 1.05. The number of hydrogen-bond donors (Lipinski definition) is 2. The van der Waals surface area contributed by atoms with Gasteiger partial charge in [-0.15, -0.1) is 11.3 Å². The Morgan fingerprint density at radius 3 is 2.55 bits per heavy atom. The Morgan fingerprint density at radius 1 is 1.12 bits per heavy atom. The average Bonchev–Trinajstić information content (AvgIpc) is 3.56. The zero-order valence-electron chi connectivity index (χ0n) is 22.8. The van der Waals surface area contributed by atoms with Gasteiger partial charge in [0, 0.05) is 17.0 Å². The third-order valence-electron chi connectivity index (χ3n) is 10.0. The maximum absolute atomic E-state index is 11.7. The van der Waals surface area contributed by atoms with Crippen molar-refractivity contribution in [3.05, 3.63) is 68.3 Å². The third-order valence-corrected chi connectivity index (χ3v) is 11.8. The summed E-state index contributed by atoms with van der Waals surface area (Å²) in [5.41, 5.74) is 3.05. The van der Waals surface area contributed by atoms with Crippen LogP contribution in [-0.2, 0) is 11.3 Å². The Hall–Kier alpha value is -2.49. The molecule has 42 heavy (non-hydrogen) atoms.